The van der Waals surface area contributed by atoms with Gasteiger partial charge in [0.1, 0.15) is 11.5 Å². The summed E-state index contributed by atoms with van der Waals surface area (Å²) in [7, 11) is -0.280. The summed E-state index contributed by atoms with van der Waals surface area (Å²) in [5.41, 5.74) is 0.984. The molecule has 3 rings (SSSR count). The maximum Gasteiger partial charge on any atom is 0.281 e. The van der Waals surface area contributed by atoms with Crippen molar-refractivity contribution in [3.63, 3.8) is 0 Å². The molecule has 2 aliphatic rings. The minimum Gasteiger partial charge on any atom is -0.497 e. The molecule has 0 radical (unpaired) electrons. The Morgan fingerprint density at radius 1 is 1.03 bits per heavy atom. The first kappa shape index (κ1) is 23.8. The van der Waals surface area contributed by atoms with Gasteiger partial charge in [0, 0.05) is 38.8 Å². The molecule has 0 spiro atoms. The molecule has 0 saturated carbocycles. The van der Waals surface area contributed by atoms with E-state index in [1.54, 1.807) is 18.5 Å². The third-order valence-electron chi connectivity index (χ3n) is 6.16. The van der Waals surface area contributed by atoms with Gasteiger partial charge in [-0.1, -0.05) is 18.9 Å². The number of carbonyl (C=O) groups is 1. The predicted molar refractivity (Wildman–Crippen MR) is 120 cm³/mol. The van der Waals surface area contributed by atoms with Crippen molar-refractivity contribution in [3.05, 3.63) is 23.8 Å². The molecular weight excluding hydrogens is 418 g/mol. The Balaban J connectivity index is 1.54. The summed E-state index contributed by atoms with van der Waals surface area (Å²) in [6.07, 6.45) is 6.02. The molecule has 2 saturated heterocycles. The number of ether oxygens (including phenoxy) is 2. The van der Waals surface area contributed by atoms with Crippen LogP contribution in [-0.4, -0.2) is 69.9 Å². The zero-order valence-electron chi connectivity index (χ0n) is 18.6. The second-order valence-electron chi connectivity index (χ2n) is 8.24. The Hall–Kier alpha value is -1.84. The van der Waals surface area contributed by atoms with Gasteiger partial charge in [0.05, 0.1) is 20.1 Å². The number of carbonyl (C=O) groups excluding carboxylic acids is 1. The minimum atomic E-state index is -3.50. The molecule has 2 aliphatic heterocycles. The Morgan fingerprint density at radius 2 is 1.74 bits per heavy atom. The highest BCUT2D eigenvalue weighted by molar-refractivity contribution is 7.86. The fourth-order valence-corrected chi connectivity index (χ4v) is 6.10. The molecule has 31 heavy (non-hydrogen) atoms. The van der Waals surface area contributed by atoms with E-state index in [0.717, 1.165) is 42.7 Å². The number of methoxy groups -OCH3 is 2. The van der Waals surface area contributed by atoms with Gasteiger partial charge in [-0.25, -0.2) is 0 Å². The third kappa shape index (κ3) is 6.11. The Morgan fingerprint density at radius 3 is 2.42 bits per heavy atom. The van der Waals surface area contributed by atoms with E-state index in [0.29, 0.717) is 45.4 Å². The lowest BCUT2D eigenvalue weighted by atomic mass is 9.98. The standard InChI is InChI=1S/C22H35N3O5S/c1-29-20-10-9-18(21(16-20)30-2)11-12-23-22(26)19-8-7-15-25(17-19)31(27,28)24-13-5-3-4-6-14-24/h9-10,16,19H,3-8,11-15,17H2,1-2H3,(H,23,26). The third-order valence-corrected chi connectivity index (χ3v) is 8.16. The van der Waals surface area contributed by atoms with E-state index in [-0.39, 0.29) is 18.4 Å². The summed E-state index contributed by atoms with van der Waals surface area (Å²) >= 11 is 0. The number of nitrogens with zero attached hydrogens (tertiary/aromatic N) is 2. The monoisotopic (exact) mass is 453 g/mol. The fourth-order valence-electron chi connectivity index (χ4n) is 4.32. The molecule has 1 unspecified atom stereocenters. The highest BCUT2D eigenvalue weighted by atomic mass is 32.2. The van der Waals surface area contributed by atoms with Crippen LogP contribution in [-0.2, 0) is 21.4 Å². The zero-order valence-corrected chi connectivity index (χ0v) is 19.5. The number of amides is 1. The Kier molecular flexibility index (Phi) is 8.57. The molecule has 1 N–H and O–H groups in total. The maximum absolute atomic E-state index is 13.1. The van der Waals surface area contributed by atoms with E-state index >= 15 is 0 Å². The van der Waals surface area contributed by atoms with Crippen LogP contribution >= 0.6 is 0 Å². The van der Waals surface area contributed by atoms with Crippen LogP contribution in [0.4, 0.5) is 0 Å². The van der Waals surface area contributed by atoms with Gasteiger partial charge in [0.15, 0.2) is 0 Å². The molecule has 1 atom stereocenters. The van der Waals surface area contributed by atoms with Gasteiger partial charge in [-0.05, 0) is 43.7 Å². The average molecular weight is 454 g/mol. The van der Waals surface area contributed by atoms with Gasteiger partial charge in [0.2, 0.25) is 5.91 Å². The number of benzene rings is 1. The van der Waals surface area contributed by atoms with E-state index in [4.69, 9.17) is 9.47 Å². The van der Waals surface area contributed by atoms with Crippen LogP contribution in [0.15, 0.2) is 18.2 Å². The van der Waals surface area contributed by atoms with Gasteiger partial charge in [-0.2, -0.15) is 17.0 Å². The van der Waals surface area contributed by atoms with Crippen molar-refractivity contribution in [3.8, 4) is 11.5 Å². The van der Waals surface area contributed by atoms with Gasteiger partial charge >= 0.3 is 0 Å². The topological polar surface area (TPSA) is 88.2 Å². The van der Waals surface area contributed by atoms with Gasteiger partial charge in [0.25, 0.3) is 10.2 Å². The maximum atomic E-state index is 13.1. The SMILES string of the molecule is COc1ccc(CCNC(=O)C2CCCN(S(=O)(=O)N3CCCCCC3)C2)c(OC)c1. The van der Waals surface area contributed by atoms with Crippen molar-refractivity contribution in [2.75, 3.05) is 46.9 Å². The van der Waals surface area contributed by atoms with Crippen LogP contribution < -0.4 is 14.8 Å². The molecule has 8 nitrogen and oxygen atoms in total. The smallest absolute Gasteiger partial charge is 0.281 e. The quantitative estimate of drug-likeness (QED) is 0.652. The van der Waals surface area contributed by atoms with Crippen LogP contribution in [0.25, 0.3) is 0 Å². The lowest BCUT2D eigenvalue weighted by molar-refractivity contribution is -0.126. The molecule has 1 aromatic carbocycles. The summed E-state index contributed by atoms with van der Waals surface area (Å²) in [6.45, 7) is 2.39. The number of rotatable bonds is 8. The predicted octanol–water partition coefficient (Wildman–Crippen LogP) is 2.20. The molecule has 0 bridgehead atoms. The molecule has 9 heteroatoms. The van der Waals surface area contributed by atoms with Crippen molar-refractivity contribution in [1.29, 1.82) is 0 Å². The molecule has 0 aliphatic carbocycles. The van der Waals surface area contributed by atoms with Crippen molar-refractivity contribution >= 4 is 16.1 Å². The number of hydrogen-bond acceptors (Lipinski definition) is 5. The van der Waals surface area contributed by atoms with E-state index in [1.807, 2.05) is 18.2 Å². The Labute approximate surface area is 186 Å². The molecule has 2 fully saturated rings. The van der Waals surface area contributed by atoms with Gasteiger partial charge in [-0.3, -0.25) is 4.79 Å². The lowest BCUT2D eigenvalue weighted by Gasteiger charge is -2.34. The van der Waals surface area contributed by atoms with Crippen molar-refractivity contribution in [1.82, 2.24) is 13.9 Å². The summed E-state index contributed by atoms with van der Waals surface area (Å²) < 4.78 is 39.9. The lowest BCUT2D eigenvalue weighted by Crippen LogP contribution is -2.50. The first-order valence-corrected chi connectivity index (χ1v) is 12.6. The normalized spacial score (nSPS) is 21.3. The molecule has 1 aromatic rings. The second kappa shape index (κ2) is 11.2. The first-order valence-electron chi connectivity index (χ1n) is 11.2. The summed E-state index contributed by atoms with van der Waals surface area (Å²) in [5, 5.41) is 2.98. The van der Waals surface area contributed by atoms with Crippen molar-refractivity contribution in [2.45, 2.75) is 44.9 Å². The molecule has 1 amide bonds. The molecule has 174 valence electrons. The molecular formula is C22H35N3O5S. The van der Waals surface area contributed by atoms with Crippen LogP contribution in [0.5, 0.6) is 11.5 Å². The zero-order chi connectivity index (χ0) is 22.3. The van der Waals surface area contributed by atoms with Crippen LogP contribution in [0, 0.1) is 5.92 Å². The van der Waals surface area contributed by atoms with E-state index in [9.17, 15) is 13.2 Å². The average Bonchev–Trinajstić information content (AvgIpc) is 3.09. The van der Waals surface area contributed by atoms with Crippen LogP contribution in [0.3, 0.4) is 0 Å². The summed E-state index contributed by atoms with van der Waals surface area (Å²) in [4.78, 5) is 12.7. The number of hydrogen-bond donors (Lipinski definition) is 1. The van der Waals surface area contributed by atoms with E-state index < -0.39 is 10.2 Å². The van der Waals surface area contributed by atoms with Crippen LogP contribution in [0.2, 0.25) is 0 Å². The minimum absolute atomic E-state index is 0.0803. The van der Waals surface area contributed by atoms with Crippen molar-refractivity contribution < 1.29 is 22.7 Å². The first-order chi connectivity index (χ1) is 15.0. The van der Waals surface area contributed by atoms with Crippen LogP contribution in [0.1, 0.15) is 44.1 Å². The summed E-state index contributed by atoms with van der Waals surface area (Å²) in [6, 6.07) is 5.62. The van der Waals surface area contributed by atoms with E-state index in [2.05, 4.69) is 5.32 Å². The number of nitrogens with one attached hydrogen (secondary N) is 1. The number of piperidine rings is 1. The highest BCUT2D eigenvalue weighted by Gasteiger charge is 2.35. The van der Waals surface area contributed by atoms with Gasteiger partial charge in [-0.15, -0.1) is 0 Å². The summed E-state index contributed by atoms with van der Waals surface area (Å²) in [5.74, 6) is 1.05. The fraction of sp³-hybridized carbons (Fsp3) is 0.682. The Bertz CT molecular complexity index is 838. The largest absolute Gasteiger partial charge is 0.497 e. The second-order valence-corrected chi connectivity index (χ2v) is 10.2. The molecule has 0 aromatic heterocycles. The van der Waals surface area contributed by atoms with Crippen molar-refractivity contribution in [2.24, 2.45) is 5.92 Å². The molecule has 2 heterocycles. The highest BCUT2D eigenvalue weighted by Crippen LogP contribution is 2.25. The van der Waals surface area contributed by atoms with E-state index in [1.165, 1.54) is 4.31 Å². The van der Waals surface area contributed by atoms with Gasteiger partial charge < -0.3 is 14.8 Å².